The number of hydrogen-bond acceptors (Lipinski definition) is 4. The summed E-state index contributed by atoms with van der Waals surface area (Å²) < 4.78 is 5.83. The summed E-state index contributed by atoms with van der Waals surface area (Å²) in [6, 6.07) is 8.59. The third-order valence-electron chi connectivity index (χ3n) is 3.62. The van der Waals surface area contributed by atoms with Gasteiger partial charge in [0.2, 0.25) is 0 Å². The molecule has 0 aromatic heterocycles. The Morgan fingerprint density at radius 2 is 1.82 bits per heavy atom. The van der Waals surface area contributed by atoms with E-state index in [-0.39, 0.29) is 17.3 Å². The van der Waals surface area contributed by atoms with Gasteiger partial charge in [0.25, 0.3) is 0 Å². The van der Waals surface area contributed by atoms with E-state index < -0.39 is 5.60 Å². The van der Waals surface area contributed by atoms with Crippen LogP contribution in [0.1, 0.15) is 47.8 Å². The fourth-order valence-electron chi connectivity index (χ4n) is 2.74. The minimum Gasteiger partial charge on any atom is -0.504 e. The van der Waals surface area contributed by atoms with E-state index >= 15 is 0 Å². The monoisotopic (exact) mass is 298 g/mol. The molecule has 0 bridgehead atoms. The summed E-state index contributed by atoms with van der Waals surface area (Å²) in [5, 5.41) is 20.1. The first-order valence-corrected chi connectivity index (χ1v) is 7.17. The second-order valence-electron chi connectivity index (χ2n) is 6.47. The molecule has 1 aliphatic rings. The molecule has 0 radical (unpaired) electrons. The average Bonchev–Trinajstić information content (AvgIpc) is 2.43. The van der Waals surface area contributed by atoms with Crippen molar-refractivity contribution in [3.63, 3.8) is 0 Å². The number of ketones is 1. The molecule has 114 valence electrons. The van der Waals surface area contributed by atoms with Crippen LogP contribution in [0.15, 0.2) is 30.3 Å². The highest BCUT2D eigenvalue weighted by molar-refractivity contribution is 6.14. The Morgan fingerprint density at radius 3 is 2.50 bits per heavy atom. The second-order valence-corrected chi connectivity index (χ2v) is 6.47. The van der Waals surface area contributed by atoms with Gasteiger partial charge in [-0.3, -0.25) is 4.79 Å². The van der Waals surface area contributed by atoms with Crippen LogP contribution >= 0.6 is 0 Å². The highest BCUT2D eigenvalue weighted by Gasteiger charge is 2.31. The molecule has 4 nitrogen and oxygen atoms in total. The molecule has 0 heterocycles. The molecule has 2 aromatic rings. The van der Waals surface area contributed by atoms with Gasteiger partial charge in [0.15, 0.2) is 17.3 Å². The van der Waals surface area contributed by atoms with Crippen molar-refractivity contribution in [2.24, 2.45) is 0 Å². The molecule has 0 spiro atoms. The zero-order chi connectivity index (χ0) is 16.1. The Bertz CT molecular complexity index is 769. The largest absolute Gasteiger partial charge is 0.504 e. The zero-order valence-corrected chi connectivity index (χ0v) is 12.8. The number of aromatic hydroxyl groups is 2. The van der Waals surface area contributed by atoms with E-state index in [1.54, 1.807) is 6.07 Å². The molecule has 4 heteroatoms. The number of phenolic OH excluding ortho intramolecular Hbond substituents is 2. The van der Waals surface area contributed by atoms with E-state index in [0.29, 0.717) is 28.9 Å². The minimum atomic E-state index is -0.519. The van der Waals surface area contributed by atoms with Crippen LogP contribution in [-0.2, 0) is 6.42 Å². The first kappa shape index (κ1) is 14.4. The van der Waals surface area contributed by atoms with Crippen LogP contribution in [0.5, 0.6) is 17.2 Å². The van der Waals surface area contributed by atoms with Crippen molar-refractivity contribution in [3.8, 4) is 17.2 Å². The fraction of sp³-hybridized carbons (Fsp3) is 0.278. The van der Waals surface area contributed by atoms with Gasteiger partial charge in [-0.2, -0.15) is 0 Å². The molecular formula is C18H18O4. The average molecular weight is 298 g/mol. The van der Waals surface area contributed by atoms with E-state index in [1.165, 1.54) is 6.07 Å². The van der Waals surface area contributed by atoms with Crippen LogP contribution in [-0.4, -0.2) is 21.6 Å². The highest BCUT2D eigenvalue weighted by atomic mass is 16.5. The third kappa shape index (κ3) is 2.30. The summed E-state index contributed by atoms with van der Waals surface area (Å²) in [5.41, 5.74) is 1.68. The summed E-state index contributed by atoms with van der Waals surface area (Å²) in [6.07, 6.45) is 0.387. The third-order valence-corrected chi connectivity index (χ3v) is 3.62. The molecule has 2 aromatic carbocycles. The standard InChI is InChI=1S/C18H18O4/c1-18(2,3)22-14-9-13(19)16(20)12-8-10-6-4-5-7-11(10)17(21)15(12)14/h4-7,9,19-20H,8H2,1-3H3. The van der Waals surface area contributed by atoms with E-state index in [2.05, 4.69) is 0 Å². The van der Waals surface area contributed by atoms with Crippen LogP contribution in [0.2, 0.25) is 0 Å². The normalized spacial score (nSPS) is 13.5. The van der Waals surface area contributed by atoms with Crippen molar-refractivity contribution < 1.29 is 19.7 Å². The Balaban J connectivity index is 2.23. The number of ether oxygens (including phenoxy) is 1. The maximum atomic E-state index is 12.8. The molecule has 22 heavy (non-hydrogen) atoms. The highest BCUT2D eigenvalue weighted by Crippen LogP contribution is 2.44. The molecular weight excluding hydrogens is 280 g/mol. The SMILES string of the molecule is CC(C)(C)Oc1cc(O)c(O)c2c1C(=O)c1ccccc1C2. The summed E-state index contributed by atoms with van der Waals surface area (Å²) in [5.74, 6) is -0.409. The Kier molecular flexibility index (Phi) is 3.13. The predicted octanol–water partition coefficient (Wildman–Crippen LogP) is 3.41. The Labute approximate surface area is 129 Å². The van der Waals surface area contributed by atoms with Crippen molar-refractivity contribution in [1.29, 1.82) is 0 Å². The molecule has 2 N–H and O–H groups in total. The number of carbonyl (C=O) groups excluding carboxylic acids is 1. The second kappa shape index (κ2) is 4.77. The molecule has 0 atom stereocenters. The number of fused-ring (bicyclic) bond motifs is 2. The molecule has 1 aliphatic carbocycles. The summed E-state index contributed by atoms with van der Waals surface area (Å²) in [7, 11) is 0. The minimum absolute atomic E-state index is 0.189. The lowest BCUT2D eigenvalue weighted by atomic mass is 9.83. The first-order valence-electron chi connectivity index (χ1n) is 7.17. The summed E-state index contributed by atoms with van der Waals surface area (Å²) in [6.45, 7) is 5.60. The molecule has 0 unspecified atom stereocenters. The Morgan fingerprint density at radius 1 is 1.14 bits per heavy atom. The van der Waals surface area contributed by atoms with Gasteiger partial charge >= 0.3 is 0 Å². The van der Waals surface area contributed by atoms with Gasteiger partial charge in [-0.15, -0.1) is 0 Å². The fourth-order valence-corrected chi connectivity index (χ4v) is 2.74. The molecule has 0 saturated heterocycles. The summed E-state index contributed by atoms with van der Waals surface area (Å²) >= 11 is 0. The van der Waals surface area contributed by atoms with Gasteiger partial charge in [0.1, 0.15) is 11.4 Å². The van der Waals surface area contributed by atoms with E-state index in [0.717, 1.165) is 5.56 Å². The van der Waals surface area contributed by atoms with E-state index in [4.69, 9.17) is 4.74 Å². The summed E-state index contributed by atoms with van der Waals surface area (Å²) in [4.78, 5) is 12.8. The Hall–Kier alpha value is -2.49. The number of benzene rings is 2. The first-order chi connectivity index (χ1) is 10.3. The zero-order valence-electron chi connectivity index (χ0n) is 12.8. The lowest BCUT2D eigenvalue weighted by molar-refractivity contribution is 0.100. The number of hydrogen-bond donors (Lipinski definition) is 2. The number of phenols is 2. The van der Waals surface area contributed by atoms with E-state index in [1.807, 2.05) is 39.0 Å². The van der Waals surface area contributed by atoms with Crippen LogP contribution in [0.25, 0.3) is 0 Å². The molecule has 0 saturated carbocycles. The van der Waals surface area contributed by atoms with Crippen molar-refractivity contribution in [2.45, 2.75) is 32.8 Å². The van der Waals surface area contributed by atoms with Crippen molar-refractivity contribution >= 4 is 5.78 Å². The smallest absolute Gasteiger partial charge is 0.197 e. The van der Waals surface area contributed by atoms with Crippen LogP contribution in [0.3, 0.4) is 0 Å². The van der Waals surface area contributed by atoms with Gasteiger partial charge < -0.3 is 14.9 Å². The van der Waals surface area contributed by atoms with Crippen molar-refractivity contribution in [3.05, 3.63) is 52.6 Å². The van der Waals surface area contributed by atoms with Gasteiger partial charge in [0, 0.05) is 23.6 Å². The van der Waals surface area contributed by atoms with Gasteiger partial charge in [0.05, 0.1) is 5.56 Å². The van der Waals surface area contributed by atoms with E-state index in [9.17, 15) is 15.0 Å². The van der Waals surface area contributed by atoms with Gasteiger partial charge in [-0.25, -0.2) is 0 Å². The lowest BCUT2D eigenvalue weighted by Gasteiger charge is -2.27. The van der Waals surface area contributed by atoms with Gasteiger partial charge in [-0.1, -0.05) is 24.3 Å². The van der Waals surface area contributed by atoms with Crippen LogP contribution < -0.4 is 4.74 Å². The number of carbonyl (C=O) groups is 1. The lowest BCUT2D eigenvalue weighted by Crippen LogP contribution is -2.26. The van der Waals surface area contributed by atoms with Crippen molar-refractivity contribution in [1.82, 2.24) is 0 Å². The maximum Gasteiger partial charge on any atom is 0.197 e. The maximum absolute atomic E-state index is 12.8. The predicted molar refractivity (Wildman–Crippen MR) is 82.8 cm³/mol. The topological polar surface area (TPSA) is 66.8 Å². The van der Waals surface area contributed by atoms with Crippen LogP contribution in [0.4, 0.5) is 0 Å². The van der Waals surface area contributed by atoms with Crippen LogP contribution in [0, 0.1) is 0 Å². The molecule has 0 amide bonds. The van der Waals surface area contributed by atoms with Crippen molar-refractivity contribution in [2.75, 3.05) is 0 Å². The quantitative estimate of drug-likeness (QED) is 0.676. The number of rotatable bonds is 1. The van der Waals surface area contributed by atoms with Gasteiger partial charge in [-0.05, 0) is 26.3 Å². The molecule has 0 fully saturated rings. The molecule has 3 rings (SSSR count). The molecule has 0 aliphatic heterocycles.